The molecule has 0 saturated carbocycles. The number of rotatable bonds is 2. The molecule has 0 aliphatic heterocycles. The van der Waals surface area contributed by atoms with Crippen molar-refractivity contribution < 1.29 is 0 Å². The summed E-state index contributed by atoms with van der Waals surface area (Å²) in [4.78, 5) is 4.21. The Kier molecular flexibility index (Phi) is 2.84. The minimum absolute atomic E-state index is 0.694. The van der Waals surface area contributed by atoms with E-state index in [0.717, 1.165) is 22.2 Å². The Hall–Kier alpha value is -1.93. The predicted molar refractivity (Wildman–Crippen MR) is 63.8 cm³/mol. The van der Waals surface area contributed by atoms with Crippen molar-refractivity contribution in [1.29, 1.82) is 5.26 Å². The molecule has 2 rings (SSSR count). The number of hydrogen-bond acceptors (Lipinski definition) is 5. The van der Waals surface area contributed by atoms with Gasteiger partial charge in [-0.3, -0.25) is 0 Å². The summed E-state index contributed by atoms with van der Waals surface area (Å²) in [5.41, 5.74) is 2.57. The molecule has 0 unspecified atom stereocenters. The average molecular weight is 230 g/mol. The smallest absolute Gasteiger partial charge is 0.207 e. The first-order valence-electron chi connectivity index (χ1n) is 4.77. The molecular weight excluding hydrogens is 220 g/mol. The lowest BCUT2D eigenvalue weighted by atomic mass is 10.1. The van der Waals surface area contributed by atoms with E-state index in [4.69, 9.17) is 5.26 Å². The van der Waals surface area contributed by atoms with Crippen LogP contribution in [-0.4, -0.2) is 9.36 Å². The summed E-state index contributed by atoms with van der Waals surface area (Å²) in [5, 5.41) is 12.7. The summed E-state index contributed by atoms with van der Waals surface area (Å²) in [6.07, 6.45) is 0. The van der Waals surface area contributed by atoms with Crippen LogP contribution in [0.1, 0.15) is 17.0 Å². The van der Waals surface area contributed by atoms with Crippen molar-refractivity contribution in [2.75, 3.05) is 5.32 Å². The van der Waals surface area contributed by atoms with Gasteiger partial charge in [0.2, 0.25) is 5.13 Å². The van der Waals surface area contributed by atoms with Gasteiger partial charge in [0.05, 0.1) is 11.6 Å². The fourth-order valence-corrected chi connectivity index (χ4v) is 1.93. The van der Waals surface area contributed by atoms with Gasteiger partial charge in [-0.1, -0.05) is 0 Å². The second kappa shape index (κ2) is 4.29. The monoisotopic (exact) mass is 230 g/mol. The van der Waals surface area contributed by atoms with Gasteiger partial charge < -0.3 is 5.32 Å². The SMILES string of the molecule is Cc1nsc(Nc2ccc(C#N)c(C)c2)n1. The third kappa shape index (κ3) is 2.18. The van der Waals surface area contributed by atoms with E-state index in [1.54, 1.807) is 6.07 Å². The van der Waals surface area contributed by atoms with Gasteiger partial charge in [0.15, 0.2) is 0 Å². The lowest BCUT2D eigenvalue weighted by molar-refractivity contribution is 1.17. The summed E-state index contributed by atoms with van der Waals surface area (Å²) < 4.78 is 4.08. The van der Waals surface area contributed by atoms with Gasteiger partial charge in [-0.25, -0.2) is 4.98 Å². The van der Waals surface area contributed by atoms with Crippen LogP contribution in [0.15, 0.2) is 18.2 Å². The van der Waals surface area contributed by atoms with Crippen molar-refractivity contribution in [1.82, 2.24) is 9.36 Å². The van der Waals surface area contributed by atoms with Gasteiger partial charge in [0.1, 0.15) is 5.82 Å². The molecule has 0 aliphatic rings. The minimum Gasteiger partial charge on any atom is -0.330 e. The zero-order valence-corrected chi connectivity index (χ0v) is 9.80. The standard InChI is InChI=1S/C11H10N4S/c1-7-5-10(4-3-9(7)6-12)14-11-13-8(2)15-16-11/h3-5H,1-2H3,(H,13,14,15). The van der Waals surface area contributed by atoms with Crippen molar-refractivity contribution in [2.24, 2.45) is 0 Å². The normalized spacial score (nSPS) is 9.81. The van der Waals surface area contributed by atoms with Crippen molar-refractivity contribution in [3.63, 3.8) is 0 Å². The van der Waals surface area contributed by atoms with Gasteiger partial charge in [-0.15, -0.1) is 0 Å². The fraction of sp³-hybridized carbons (Fsp3) is 0.182. The molecule has 2 aromatic rings. The Labute approximate surface area is 97.7 Å². The molecule has 0 fully saturated rings. The maximum Gasteiger partial charge on any atom is 0.207 e. The highest BCUT2D eigenvalue weighted by Gasteiger charge is 2.02. The predicted octanol–water partition coefficient (Wildman–Crippen LogP) is 2.77. The molecule has 16 heavy (non-hydrogen) atoms. The molecule has 1 heterocycles. The number of benzene rings is 1. The summed E-state index contributed by atoms with van der Waals surface area (Å²) in [5.74, 6) is 0.762. The largest absolute Gasteiger partial charge is 0.330 e. The van der Waals surface area contributed by atoms with E-state index < -0.39 is 0 Å². The number of nitrogens with zero attached hydrogens (tertiary/aromatic N) is 3. The van der Waals surface area contributed by atoms with Gasteiger partial charge in [0.25, 0.3) is 0 Å². The summed E-state index contributed by atoms with van der Waals surface area (Å²) in [6, 6.07) is 7.72. The van der Waals surface area contributed by atoms with Crippen LogP contribution in [0.5, 0.6) is 0 Å². The molecule has 5 heteroatoms. The van der Waals surface area contributed by atoms with Crippen molar-refractivity contribution in [2.45, 2.75) is 13.8 Å². The number of nitriles is 1. The van der Waals surface area contributed by atoms with Gasteiger partial charge in [0, 0.05) is 17.2 Å². The molecule has 0 spiro atoms. The Morgan fingerprint density at radius 3 is 2.75 bits per heavy atom. The van der Waals surface area contributed by atoms with Crippen LogP contribution in [0.4, 0.5) is 10.8 Å². The first kappa shape index (κ1) is 10.6. The second-order valence-electron chi connectivity index (χ2n) is 3.41. The highest BCUT2D eigenvalue weighted by Crippen LogP contribution is 2.20. The molecule has 1 aromatic carbocycles. The number of nitrogens with one attached hydrogen (secondary N) is 1. The lowest BCUT2D eigenvalue weighted by Crippen LogP contribution is -1.91. The average Bonchev–Trinajstić information content (AvgIpc) is 2.64. The maximum absolute atomic E-state index is 8.81. The van der Waals surface area contributed by atoms with Crippen LogP contribution in [-0.2, 0) is 0 Å². The van der Waals surface area contributed by atoms with Crippen LogP contribution in [0, 0.1) is 25.2 Å². The molecule has 0 radical (unpaired) electrons. The van der Waals surface area contributed by atoms with Crippen LogP contribution in [0.3, 0.4) is 0 Å². The first-order chi connectivity index (χ1) is 7.69. The van der Waals surface area contributed by atoms with Crippen LogP contribution in [0.25, 0.3) is 0 Å². The van der Waals surface area contributed by atoms with E-state index in [1.165, 1.54) is 11.5 Å². The summed E-state index contributed by atoms with van der Waals surface area (Å²) in [6.45, 7) is 3.76. The molecule has 0 aliphatic carbocycles. The quantitative estimate of drug-likeness (QED) is 0.861. The zero-order valence-electron chi connectivity index (χ0n) is 8.98. The van der Waals surface area contributed by atoms with E-state index in [-0.39, 0.29) is 0 Å². The number of hydrogen-bond donors (Lipinski definition) is 1. The van der Waals surface area contributed by atoms with E-state index >= 15 is 0 Å². The molecular formula is C11H10N4S. The molecule has 0 amide bonds. The molecule has 4 nitrogen and oxygen atoms in total. The van der Waals surface area contributed by atoms with Gasteiger partial charge in [-0.05, 0) is 37.6 Å². The maximum atomic E-state index is 8.81. The second-order valence-corrected chi connectivity index (χ2v) is 4.17. The van der Waals surface area contributed by atoms with Gasteiger partial charge in [-0.2, -0.15) is 9.64 Å². The number of anilines is 2. The van der Waals surface area contributed by atoms with E-state index in [0.29, 0.717) is 5.56 Å². The first-order valence-corrected chi connectivity index (χ1v) is 5.54. The summed E-state index contributed by atoms with van der Waals surface area (Å²) in [7, 11) is 0. The van der Waals surface area contributed by atoms with Gasteiger partial charge >= 0.3 is 0 Å². The fourth-order valence-electron chi connectivity index (χ4n) is 1.34. The molecule has 1 N–H and O–H groups in total. The topological polar surface area (TPSA) is 61.6 Å². The molecule has 0 saturated heterocycles. The third-order valence-electron chi connectivity index (χ3n) is 2.13. The Bertz CT molecular complexity index is 553. The summed E-state index contributed by atoms with van der Waals surface area (Å²) >= 11 is 1.32. The number of aromatic nitrogens is 2. The Morgan fingerprint density at radius 1 is 1.38 bits per heavy atom. The van der Waals surface area contributed by atoms with Crippen molar-refractivity contribution >= 4 is 22.4 Å². The van der Waals surface area contributed by atoms with Crippen molar-refractivity contribution in [3.8, 4) is 6.07 Å². The third-order valence-corrected chi connectivity index (χ3v) is 2.85. The lowest BCUT2D eigenvalue weighted by Gasteiger charge is -2.03. The Balaban J connectivity index is 2.23. The highest BCUT2D eigenvalue weighted by atomic mass is 32.1. The number of aryl methyl sites for hydroxylation is 2. The van der Waals surface area contributed by atoms with E-state index in [1.807, 2.05) is 26.0 Å². The molecule has 80 valence electrons. The van der Waals surface area contributed by atoms with Crippen LogP contribution >= 0.6 is 11.5 Å². The molecule has 0 bridgehead atoms. The van der Waals surface area contributed by atoms with E-state index in [9.17, 15) is 0 Å². The highest BCUT2D eigenvalue weighted by molar-refractivity contribution is 7.09. The van der Waals surface area contributed by atoms with Crippen LogP contribution < -0.4 is 5.32 Å². The van der Waals surface area contributed by atoms with Crippen molar-refractivity contribution in [3.05, 3.63) is 35.2 Å². The minimum atomic E-state index is 0.694. The molecule has 0 atom stereocenters. The Morgan fingerprint density at radius 2 is 2.19 bits per heavy atom. The zero-order chi connectivity index (χ0) is 11.5. The van der Waals surface area contributed by atoms with Crippen LogP contribution in [0.2, 0.25) is 0 Å². The molecule has 1 aromatic heterocycles. The van der Waals surface area contributed by atoms with E-state index in [2.05, 4.69) is 20.7 Å².